The number of nitrogens with zero attached hydrogens (tertiary/aromatic N) is 3. The molecule has 0 saturated carbocycles. The van der Waals surface area contributed by atoms with Gasteiger partial charge in [0.05, 0.1) is 12.2 Å². The van der Waals surface area contributed by atoms with Gasteiger partial charge in [0, 0.05) is 49.9 Å². The Balaban J connectivity index is 1.48. The average molecular weight is 391 g/mol. The summed E-state index contributed by atoms with van der Waals surface area (Å²) in [5.74, 6) is 0.854. The molecule has 0 radical (unpaired) electrons. The molecule has 0 spiro atoms. The first kappa shape index (κ1) is 19.6. The molecule has 146 valence electrons. The minimum Gasteiger partial charge on any atom is -0.372 e. The van der Waals surface area contributed by atoms with Crippen molar-refractivity contribution < 1.29 is 9.53 Å². The first-order valence-electron chi connectivity index (χ1n) is 9.19. The van der Waals surface area contributed by atoms with Gasteiger partial charge in [-0.3, -0.25) is 9.59 Å². The van der Waals surface area contributed by atoms with E-state index in [0.717, 1.165) is 41.5 Å². The maximum Gasteiger partial charge on any atom is 0.307 e. The van der Waals surface area contributed by atoms with Crippen LogP contribution in [0.3, 0.4) is 0 Å². The minimum atomic E-state index is -0.0765. The van der Waals surface area contributed by atoms with Crippen LogP contribution in [0.4, 0.5) is 5.82 Å². The summed E-state index contributed by atoms with van der Waals surface area (Å²) < 4.78 is 7.38. The summed E-state index contributed by atoms with van der Waals surface area (Å²) in [7, 11) is 0. The van der Waals surface area contributed by atoms with Gasteiger partial charge in [0.1, 0.15) is 5.82 Å². The van der Waals surface area contributed by atoms with Crippen LogP contribution in [0.15, 0.2) is 28.5 Å². The Kier molecular flexibility index (Phi) is 6.28. The number of hydrogen-bond donors (Lipinski definition) is 1. The summed E-state index contributed by atoms with van der Waals surface area (Å²) in [6.07, 6.45) is 2.46. The van der Waals surface area contributed by atoms with Gasteiger partial charge in [-0.25, -0.2) is 4.98 Å². The SMILES string of the molecule is Cc1csc(=O)n1CCC(=O)NCc1ccc(N2C[C@@H](C)O[C@H](C)C2)nc1. The van der Waals surface area contributed by atoms with Crippen LogP contribution in [0.1, 0.15) is 31.5 Å². The molecule has 2 atom stereocenters. The van der Waals surface area contributed by atoms with Gasteiger partial charge in [-0.05, 0) is 32.4 Å². The normalized spacial score (nSPS) is 19.9. The van der Waals surface area contributed by atoms with Crippen molar-refractivity contribution in [3.63, 3.8) is 0 Å². The zero-order valence-corrected chi connectivity index (χ0v) is 16.8. The Bertz CT molecular complexity index is 820. The molecular formula is C19H26N4O3S. The topological polar surface area (TPSA) is 76.5 Å². The molecule has 2 aromatic rings. The first-order valence-corrected chi connectivity index (χ1v) is 10.1. The van der Waals surface area contributed by atoms with Gasteiger partial charge >= 0.3 is 4.87 Å². The van der Waals surface area contributed by atoms with Gasteiger partial charge in [0.25, 0.3) is 0 Å². The molecule has 1 amide bonds. The Morgan fingerprint density at radius 2 is 2.07 bits per heavy atom. The van der Waals surface area contributed by atoms with Crippen LogP contribution in [0.2, 0.25) is 0 Å². The number of amides is 1. The van der Waals surface area contributed by atoms with Gasteiger partial charge in [-0.15, -0.1) is 0 Å². The van der Waals surface area contributed by atoms with Crippen LogP contribution >= 0.6 is 11.3 Å². The third kappa shape index (κ3) is 5.17. The molecule has 1 aliphatic heterocycles. The van der Waals surface area contributed by atoms with E-state index >= 15 is 0 Å². The standard InChI is InChI=1S/C19H26N4O3S/c1-13-12-27-19(25)23(13)7-6-18(24)21-9-16-4-5-17(20-8-16)22-10-14(2)26-15(3)11-22/h4-5,8,12,14-15H,6-7,9-11H2,1-3H3,(H,21,24)/t14-,15-/m1/s1. The highest BCUT2D eigenvalue weighted by atomic mass is 32.1. The summed E-state index contributed by atoms with van der Waals surface area (Å²) in [6, 6.07) is 3.97. The van der Waals surface area contributed by atoms with Crippen molar-refractivity contribution in [3.05, 3.63) is 44.6 Å². The van der Waals surface area contributed by atoms with E-state index < -0.39 is 0 Å². The molecule has 27 heavy (non-hydrogen) atoms. The molecule has 1 aliphatic rings. The van der Waals surface area contributed by atoms with E-state index in [0.29, 0.717) is 13.1 Å². The number of hydrogen-bond acceptors (Lipinski definition) is 6. The Morgan fingerprint density at radius 3 is 2.67 bits per heavy atom. The molecule has 0 aromatic carbocycles. The third-order valence-electron chi connectivity index (χ3n) is 4.58. The summed E-state index contributed by atoms with van der Waals surface area (Å²) in [5.41, 5.74) is 1.84. The number of morpholine rings is 1. The van der Waals surface area contributed by atoms with Crippen molar-refractivity contribution in [1.29, 1.82) is 0 Å². The van der Waals surface area contributed by atoms with Gasteiger partial charge in [0.2, 0.25) is 5.91 Å². The van der Waals surface area contributed by atoms with E-state index in [9.17, 15) is 9.59 Å². The Hall–Kier alpha value is -2.19. The molecule has 1 fully saturated rings. The van der Waals surface area contributed by atoms with Gasteiger partial charge in [-0.2, -0.15) is 0 Å². The Morgan fingerprint density at radius 1 is 1.33 bits per heavy atom. The van der Waals surface area contributed by atoms with Crippen molar-refractivity contribution in [2.24, 2.45) is 0 Å². The Labute approximate surface area is 163 Å². The summed E-state index contributed by atoms with van der Waals surface area (Å²) in [5, 5.41) is 4.70. The lowest BCUT2D eigenvalue weighted by Crippen LogP contribution is -2.45. The third-order valence-corrected chi connectivity index (χ3v) is 5.46. The van der Waals surface area contributed by atoms with E-state index in [1.807, 2.05) is 24.4 Å². The van der Waals surface area contributed by atoms with Gasteiger partial charge in [-0.1, -0.05) is 17.4 Å². The number of carbonyl (C=O) groups is 1. The van der Waals surface area contributed by atoms with Crippen molar-refractivity contribution in [3.8, 4) is 0 Å². The number of nitrogens with one attached hydrogen (secondary N) is 1. The lowest BCUT2D eigenvalue weighted by molar-refractivity contribution is -0.121. The molecule has 1 saturated heterocycles. The van der Waals surface area contributed by atoms with Crippen LogP contribution < -0.4 is 15.1 Å². The van der Waals surface area contributed by atoms with E-state index in [4.69, 9.17) is 4.74 Å². The van der Waals surface area contributed by atoms with Crippen LogP contribution in [-0.2, 0) is 22.6 Å². The molecule has 3 heterocycles. The van der Waals surface area contributed by atoms with E-state index in [1.165, 1.54) is 0 Å². The highest BCUT2D eigenvalue weighted by Crippen LogP contribution is 2.18. The van der Waals surface area contributed by atoms with Crippen LogP contribution in [0.25, 0.3) is 0 Å². The molecule has 0 bridgehead atoms. The maximum absolute atomic E-state index is 12.1. The summed E-state index contributed by atoms with van der Waals surface area (Å²) in [6.45, 7) is 8.50. The molecule has 8 heteroatoms. The predicted octanol–water partition coefficient (Wildman–Crippen LogP) is 1.93. The van der Waals surface area contributed by atoms with Gasteiger partial charge in [0.15, 0.2) is 0 Å². The molecular weight excluding hydrogens is 364 g/mol. The van der Waals surface area contributed by atoms with Crippen LogP contribution in [0, 0.1) is 6.92 Å². The average Bonchev–Trinajstić information content (AvgIpc) is 2.96. The first-order chi connectivity index (χ1) is 12.9. The van der Waals surface area contributed by atoms with E-state index in [2.05, 4.69) is 29.0 Å². The second kappa shape index (κ2) is 8.67. The molecule has 0 aliphatic carbocycles. The highest BCUT2D eigenvalue weighted by Gasteiger charge is 2.22. The molecule has 3 rings (SSSR count). The molecule has 2 aromatic heterocycles. The maximum atomic E-state index is 12.1. The monoisotopic (exact) mass is 390 g/mol. The summed E-state index contributed by atoms with van der Waals surface area (Å²) in [4.78, 5) is 30.5. The molecule has 7 nitrogen and oxygen atoms in total. The van der Waals surface area contributed by atoms with Crippen molar-refractivity contribution in [2.45, 2.75) is 52.5 Å². The second-order valence-corrected chi connectivity index (χ2v) is 7.83. The highest BCUT2D eigenvalue weighted by molar-refractivity contribution is 7.07. The lowest BCUT2D eigenvalue weighted by atomic mass is 10.2. The predicted molar refractivity (Wildman–Crippen MR) is 106 cm³/mol. The number of carbonyl (C=O) groups excluding carboxylic acids is 1. The number of thiazole rings is 1. The van der Waals surface area contributed by atoms with Gasteiger partial charge < -0.3 is 19.5 Å². The van der Waals surface area contributed by atoms with Crippen molar-refractivity contribution in [2.75, 3.05) is 18.0 Å². The number of ether oxygens (including phenoxy) is 1. The van der Waals surface area contributed by atoms with Crippen LogP contribution in [-0.4, -0.2) is 40.8 Å². The van der Waals surface area contributed by atoms with Crippen molar-refractivity contribution in [1.82, 2.24) is 14.9 Å². The zero-order chi connectivity index (χ0) is 19.4. The summed E-state index contributed by atoms with van der Waals surface area (Å²) >= 11 is 1.16. The van der Waals surface area contributed by atoms with Crippen molar-refractivity contribution >= 4 is 23.1 Å². The fourth-order valence-corrected chi connectivity index (χ4v) is 4.01. The van der Waals surface area contributed by atoms with E-state index in [1.54, 1.807) is 10.8 Å². The smallest absolute Gasteiger partial charge is 0.307 e. The number of aryl methyl sites for hydroxylation is 1. The number of pyridine rings is 1. The number of rotatable bonds is 6. The second-order valence-electron chi connectivity index (χ2n) is 7.01. The molecule has 1 N–H and O–H groups in total. The quantitative estimate of drug-likeness (QED) is 0.816. The van der Waals surface area contributed by atoms with E-state index in [-0.39, 0.29) is 29.4 Å². The zero-order valence-electron chi connectivity index (χ0n) is 16.0. The lowest BCUT2D eigenvalue weighted by Gasteiger charge is -2.36. The fraction of sp³-hybridized carbons (Fsp3) is 0.526. The molecule has 0 unspecified atom stereocenters. The minimum absolute atomic E-state index is 0.0214. The fourth-order valence-electron chi connectivity index (χ4n) is 3.25. The number of aromatic nitrogens is 2. The number of anilines is 1. The van der Waals surface area contributed by atoms with Crippen LogP contribution in [0.5, 0.6) is 0 Å². The largest absolute Gasteiger partial charge is 0.372 e.